The van der Waals surface area contributed by atoms with Gasteiger partial charge in [-0.3, -0.25) is 4.79 Å². The van der Waals surface area contributed by atoms with Crippen LogP contribution in [0.25, 0.3) is 0 Å². The molecule has 1 nitrogen and oxygen atoms in total. The van der Waals surface area contributed by atoms with Crippen LogP contribution < -0.4 is 0 Å². The maximum absolute atomic E-state index is 10.9. The van der Waals surface area contributed by atoms with Gasteiger partial charge in [0, 0.05) is 0 Å². The van der Waals surface area contributed by atoms with Crippen LogP contribution in [0.3, 0.4) is 0 Å². The molecule has 0 aliphatic heterocycles. The van der Waals surface area contributed by atoms with Gasteiger partial charge in [-0.25, -0.2) is 0 Å². The predicted molar refractivity (Wildman–Crippen MR) is 67.1 cm³/mol. The van der Waals surface area contributed by atoms with E-state index in [1.165, 1.54) is 24.8 Å². The number of aldehydes is 1. The van der Waals surface area contributed by atoms with Crippen molar-refractivity contribution in [3.05, 3.63) is 23.8 Å². The summed E-state index contributed by atoms with van der Waals surface area (Å²) in [4.78, 5) is 10.9. The average molecular weight is 218 g/mol. The fourth-order valence-electron chi connectivity index (χ4n) is 3.65. The maximum atomic E-state index is 10.9. The van der Waals surface area contributed by atoms with Gasteiger partial charge in [0.25, 0.3) is 0 Å². The van der Waals surface area contributed by atoms with E-state index in [4.69, 9.17) is 0 Å². The first-order chi connectivity index (χ1) is 7.57. The number of hydrogen-bond acceptors (Lipinski definition) is 1. The van der Waals surface area contributed by atoms with Gasteiger partial charge in [0.15, 0.2) is 0 Å². The van der Waals surface area contributed by atoms with E-state index in [0.717, 1.165) is 30.6 Å². The average Bonchev–Trinajstić information content (AvgIpc) is 2.48. The number of allylic oxidation sites excluding steroid dienone is 3. The second-order valence-electron chi connectivity index (χ2n) is 5.89. The highest BCUT2D eigenvalue weighted by molar-refractivity contribution is 5.73. The minimum atomic E-state index is 0.411. The van der Waals surface area contributed by atoms with Crippen LogP contribution in [0, 0.1) is 17.3 Å². The van der Waals surface area contributed by atoms with Crippen molar-refractivity contribution in [3.8, 4) is 0 Å². The number of carbonyl (C=O) groups excluding carboxylic acids is 1. The highest BCUT2D eigenvalue weighted by atomic mass is 16.1. The molecule has 0 aromatic rings. The Balaban J connectivity index is 2.21. The van der Waals surface area contributed by atoms with E-state index in [0.29, 0.717) is 11.3 Å². The Kier molecular flexibility index (Phi) is 3.05. The third-order valence-electron chi connectivity index (χ3n) is 4.77. The van der Waals surface area contributed by atoms with Crippen LogP contribution in [-0.2, 0) is 4.79 Å². The summed E-state index contributed by atoms with van der Waals surface area (Å²) in [5, 5.41) is 0. The highest BCUT2D eigenvalue weighted by Gasteiger charge is 2.44. The summed E-state index contributed by atoms with van der Waals surface area (Å²) >= 11 is 0. The number of hydrogen-bond donors (Lipinski definition) is 0. The van der Waals surface area contributed by atoms with Gasteiger partial charge < -0.3 is 0 Å². The third kappa shape index (κ3) is 1.88. The van der Waals surface area contributed by atoms with Crippen molar-refractivity contribution in [2.45, 2.75) is 46.0 Å². The largest absolute Gasteiger partial charge is 0.298 e. The molecule has 0 N–H and O–H groups in total. The Labute approximate surface area is 98.6 Å². The fraction of sp³-hybridized carbons (Fsp3) is 0.667. The van der Waals surface area contributed by atoms with Crippen molar-refractivity contribution in [1.82, 2.24) is 0 Å². The maximum Gasteiger partial charge on any atom is 0.145 e. The molecular weight excluding hydrogens is 196 g/mol. The minimum Gasteiger partial charge on any atom is -0.298 e. The zero-order chi connectivity index (χ0) is 11.8. The SMILES string of the molecule is C=C(C)[C@H]1CC[C@@]2(C)CC=C(C=O)CC[C@H]12. The second kappa shape index (κ2) is 4.20. The molecule has 0 bridgehead atoms. The summed E-state index contributed by atoms with van der Waals surface area (Å²) in [6.45, 7) is 8.70. The molecule has 0 saturated heterocycles. The van der Waals surface area contributed by atoms with E-state index in [1.54, 1.807) is 0 Å². The van der Waals surface area contributed by atoms with Crippen LogP contribution in [0.1, 0.15) is 46.0 Å². The van der Waals surface area contributed by atoms with Crippen molar-refractivity contribution >= 4 is 6.29 Å². The fourth-order valence-corrected chi connectivity index (χ4v) is 3.65. The summed E-state index contributed by atoms with van der Waals surface area (Å²) in [6.07, 6.45) is 9.01. The van der Waals surface area contributed by atoms with E-state index in [1.807, 2.05) is 0 Å². The summed E-state index contributed by atoms with van der Waals surface area (Å²) in [5.74, 6) is 1.42. The van der Waals surface area contributed by atoms with Crippen molar-refractivity contribution in [1.29, 1.82) is 0 Å². The van der Waals surface area contributed by atoms with Crippen molar-refractivity contribution < 1.29 is 4.79 Å². The van der Waals surface area contributed by atoms with E-state index < -0.39 is 0 Å². The van der Waals surface area contributed by atoms with Crippen LogP contribution >= 0.6 is 0 Å². The molecule has 16 heavy (non-hydrogen) atoms. The lowest BCUT2D eigenvalue weighted by Gasteiger charge is -2.32. The summed E-state index contributed by atoms with van der Waals surface area (Å²) < 4.78 is 0. The first-order valence-electron chi connectivity index (χ1n) is 6.36. The van der Waals surface area contributed by atoms with Crippen molar-refractivity contribution in [3.63, 3.8) is 0 Å². The first kappa shape index (κ1) is 11.6. The molecular formula is C15H22O. The molecule has 1 fully saturated rings. The predicted octanol–water partition coefficient (Wildman–Crippen LogP) is 3.90. The van der Waals surface area contributed by atoms with Crippen molar-refractivity contribution in [2.75, 3.05) is 0 Å². The van der Waals surface area contributed by atoms with Gasteiger partial charge in [-0.15, -0.1) is 0 Å². The lowest BCUT2D eigenvalue weighted by Crippen LogP contribution is -2.24. The van der Waals surface area contributed by atoms with E-state index >= 15 is 0 Å². The molecule has 2 aliphatic carbocycles. The van der Waals surface area contributed by atoms with Gasteiger partial charge in [0.05, 0.1) is 0 Å². The molecule has 2 rings (SSSR count). The normalized spacial score (nSPS) is 38.5. The molecule has 0 aromatic carbocycles. The minimum absolute atomic E-state index is 0.411. The van der Waals surface area contributed by atoms with E-state index in [-0.39, 0.29) is 0 Å². The van der Waals surface area contributed by atoms with Crippen LogP contribution in [0.5, 0.6) is 0 Å². The topological polar surface area (TPSA) is 17.1 Å². The van der Waals surface area contributed by atoms with Crippen molar-refractivity contribution in [2.24, 2.45) is 17.3 Å². The van der Waals surface area contributed by atoms with E-state index in [2.05, 4.69) is 26.5 Å². The monoisotopic (exact) mass is 218 g/mol. The Hall–Kier alpha value is -0.850. The molecule has 0 aromatic heterocycles. The zero-order valence-electron chi connectivity index (χ0n) is 10.5. The number of fused-ring (bicyclic) bond motifs is 1. The Morgan fingerprint density at radius 1 is 1.56 bits per heavy atom. The summed E-state index contributed by atoms with van der Waals surface area (Å²) in [5.41, 5.74) is 2.76. The standard InChI is InChI=1S/C15H22O/c1-11(2)13-7-9-15(3)8-6-12(10-16)4-5-14(13)15/h6,10,13-14H,1,4-5,7-9H2,2-3H3/t13-,14-,15-/m1/s1. The first-order valence-corrected chi connectivity index (χ1v) is 6.36. The molecule has 2 aliphatic rings. The molecule has 0 spiro atoms. The molecule has 0 radical (unpaired) electrons. The second-order valence-corrected chi connectivity index (χ2v) is 5.89. The molecule has 0 unspecified atom stereocenters. The molecule has 0 amide bonds. The molecule has 1 heteroatoms. The van der Waals surface area contributed by atoms with Gasteiger partial charge in [-0.05, 0) is 61.9 Å². The van der Waals surface area contributed by atoms with Crippen LogP contribution in [0.15, 0.2) is 23.8 Å². The Bertz CT molecular complexity index is 339. The molecule has 0 heterocycles. The van der Waals surface area contributed by atoms with Gasteiger partial charge in [0.2, 0.25) is 0 Å². The smallest absolute Gasteiger partial charge is 0.145 e. The van der Waals surface area contributed by atoms with Gasteiger partial charge >= 0.3 is 0 Å². The van der Waals surface area contributed by atoms with Crippen LogP contribution in [-0.4, -0.2) is 6.29 Å². The quantitative estimate of drug-likeness (QED) is 0.507. The lowest BCUT2D eigenvalue weighted by atomic mass is 9.72. The van der Waals surface area contributed by atoms with E-state index in [9.17, 15) is 4.79 Å². The zero-order valence-corrected chi connectivity index (χ0v) is 10.5. The molecule has 88 valence electrons. The summed E-state index contributed by atoms with van der Waals surface area (Å²) in [6, 6.07) is 0. The summed E-state index contributed by atoms with van der Waals surface area (Å²) in [7, 11) is 0. The Morgan fingerprint density at radius 2 is 2.31 bits per heavy atom. The third-order valence-corrected chi connectivity index (χ3v) is 4.77. The Morgan fingerprint density at radius 3 is 2.94 bits per heavy atom. The van der Waals surface area contributed by atoms with Crippen LogP contribution in [0.2, 0.25) is 0 Å². The lowest BCUT2D eigenvalue weighted by molar-refractivity contribution is -0.105. The molecule has 3 atom stereocenters. The highest BCUT2D eigenvalue weighted by Crippen LogP contribution is 2.54. The number of rotatable bonds is 2. The van der Waals surface area contributed by atoms with Gasteiger partial charge in [-0.2, -0.15) is 0 Å². The van der Waals surface area contributed by atoms with Gasteiger partial charge in [0.1, 0.15) is 6.29 Å². The van der Waals surface area contributed by atoms with Crippen LogP contribution in [0.4, 0.5) is 0 Å². The van der Waals surface area contributed by atoms with Gasteiger partial charge in [-0.1, -0.05) is 25.2 Å². The number of carbonyl (C=O) groups is 1. The molecule has 1 saturated carbocycles.